The van der Waals surface area contributed by atoms with Gasteiger partial charge in [0.25, 0.3) is 5.91 Å². The smallest absolute Gasteiger partial charge is 0.257 e. The van der Waals surface area contributed by atoms with Crippen LogP contribution >= 0.6 is 0 Å². The molecular formula is C15H16N4O. The summed E-state index contributed by atoms with van der Waals surface area (Å²) in [5.41, 5.74) is 4.46. The van der Waals surface area contributed by atoms with Gasteiger partial charge >= 0.3 is 0 Å². The van der Waals surface area contributed by atoms with Crippen molar-refractivity contribution >= 4 is 23.0 Å². The number of fused-ring (bicyclic) bond motifs is 1. The second-order valence-electron chi connectivity index (χ2n) is 4.84. The van der Waals surface area contributed by atoms with E-state index in [1.54, 1.807) is 12.4 Å². The van der Waals surface area contributed by atoms with Crippen LogP contribution in [0.4, 0.5) is 0 Å². The zero-order chi connectivity index (χ0) is 13.8. The highest BCUT2D eigenvalue weighted by Crippen LogP contribution is 2.11. The first-order valence-electron chi connectivity index (χ1n) is 6.74. The summed E-state index contributed by atoms with van der Waals surface area (Å²) in [5.74, 6) is -0.0683. The van der Waals surface area contributed by atoms with Gasteiger partial charge in [0.1, 0.15) is 0 Å². The molecule has 2 heterocycles. The van der Waals surface area contributed by atoms with Crippen molar-refractivity contribution in [3.63, 3.8) is 0 Å². The summed E-state index contributed by atoms with van der Waals surface area (Å²) in [6.07, 6.45) is 5.34. The summed E-state index contributed by atoms with van der Waals surface area (Å²) in [6.45, 7) is 0.902. The highest BCUT2D eigenvalue weighted by atomic mass is 16.2. The molecule has 1 unspecified atom stereocenters. The Morgan fingerprint density at radius 2 is 2.40 bits per heavy atom. The Morgan fingerprint density at radius 3 is 3.25 bits per heavy atom. The van der Waals surface area contributed by atoms with Gasteiger partial charge in [-0.05, 0) is 43.1 Å². The third kappa shape index (κ3) is 2.83. The summed E-state index contributed by atoms with van der Waals surface area (Å²) in [5, 5.41) is 8.20. The highest BCUT2D eigenvalue weighted by molar-refractivity contribution is 5.89. The fourth-order valence-electron chi connectivity index (χ4n) is 2.33. The normalized spacial score (nSPS) is 18.7. The lowest BCUT2D eigenvalue weighted by molar-refractivity contribution is -0.122. The molecule has 2 aromatic rings. The second kappa shape index (κ2) is 5.79. The molecule has 1 aliphatic heterocycles. The van der Waals surface area contributed by atoms with E-state index >= 15 is 0 Å². The summed E-state index contributed by atoms with van der Waals surface area (Å²) < 4.78 is 0. The van der Waals surface area contributed by atoms with E-state index in [0.29, 0.717) is 0 Å². The van der Waals surface area contributed by atoms with E-state index in [1.165, 1.54) is 0 Å². The van der Waals surface area contributed by atoms with Crippen LogP contribution in [0.3, 0.4) is 0 Å². The monoisotopic (exact) mass is 268 g/mol. The van der Waals surface area contributed by atoms with Crippen molar-refractivity contribution in [1.82, 2.24) is 15.7 Å². The molecule has 1 aliphatic rings. The predicted molar refractivity (Wildman–Crippen MR) is 78.5 cm³/mol. The van der Waals surface area contributed by atoms with Crippen molar-refractivity contribution in [2.24, 2.45) is 5.10 Å². The Hall–Kier alpha value is -2.27. The molecule has 0 spiro atoms. The number of nitrogens with zero attached hydrogens (tertiary/aromatic N) is 2. The SMILES string of the molecule is O=C(NN=Cc1ccc2ncccc2c1)C1CCCN1. The number of aromatic nitrogens is 1. The minimum absolute atomic E-state index is 0.0683. The van der Waals surface area contributed by atoms with E-state index in [2.05, 4.69) is 20.8 Å². The minimum atomic E-state index is -0.104. The quantitative estimate of drug-likeness (QED) is 0.654. The van der Waals surface area contributed by atoms with Crippen LogP contribution in [-0.4, -0.2) is 29.7 Å². The lowest BCUT2D eigenvalue weighted by Crippen LogP contribution is -2.38. The van der Waals surface area contributed by atoms with Gasteiger partial charge in [-0.25, -0.2) is 5.43 Å². The van der Waals surface area contributed by atoms with Crippen LogP contribution in [0.1, 0.15) is 18.4 Å². The van der Waals surface area contributed by atoms with Crippen LogP contribution in [0.2, 0.25) is 0 Å². The van der Waals surface area contributed by atoms with Gasteiger partial charge in [0.05, 0.1) is 17.8 Å². The third-order valence-corrected chi connectivity index (χ3v) is 3.39. The third-order valence-electron chi connectivity index (χ3n) is 3.39. The average molecular weight is 268 g/mol. The summed E-state index contributed by atoms with van der Waals surface area (Å²) in [7, 11) is 0. The molecule has 1 saturated heterocycles. The van der Waals surface area contributed by atoms with E-state index in [-0.39, 0.29) is 11.9 Å². The molecule has 0 bridgehead atoms. The van der Waals surface area contributed by atoms with Crippen LogP contribution in [-0.2, 0) is 4.79 Å². The van der Waals surface area contributed by atoms with Gasteiger partial charge in [0.15, 0.2) is 0 Å². The summed E-state index contributed by atoms with van der Waals surface area (Å²) >= 11 is 0. The van der Waals surface area contributed by atoms with Crippen LogP contribution < -0.4 is 10.7 Å². The van der Waals surface area contributed by atoms with E-state index in [1.807, 2.05) is 30.3 Å². The second-order valence-corrected chi connectivity index (χ2v) is 4.84. The summed E-state index contributed by atoms with van der Waals surface area (Å²) in [6, 6.07) is 9.66. The zero-order valence-electron chi connectivity index (χ0n) is 11.0. The standard InChI is InChI=1S/C15H16N4O/c20-15(14-4-2-8-17-14)19-18-10-11-5-6-13-12(9-11)3-1-7-16-13/h1,3,5-7,9-10,14,17H,2,4,8H2,(H,19,20). The van der Waals surface area contributed by atoms with Gasteiger partial charge in [0.2, 0.25) is 0 Å². The van der Waals surface area contributed by atoms with Crippen molar-refractivity contribution < 1.29 is 4.79 Å². The number of rotatable bonds is 3. The first kappa shape index (κ1) is 12.7. The number of carbonyl (C=O) groups excluding carboxylic acids is 1. The minimum Gasteiger partial charge on any atom is -0.306 e. The molecule has 2 N–H and O–H groups in total. The van der Waals surface area contributed by atoms with Crippen molar-refractivity contribution in [2.75, 3.05) is 6.54 Å². The van der Waals surface area contributed by atoms with Gasteiger partial charge in [0, 0.05) is 11.6 Å². The molecule has 1 aromatic heterocycles. The van der Waals surface area contributed by atoms with Crippen molar-refractivity contribution in [2.45, 2.75) is 18.9 Å². The topological polar surface area (TPSA) is 66.4 Å². The zero-order valence-corrected chi connectivity index (χ0v) is 11.0. The number of carbonyl (C=O) groups is 1. The number of hydrogen-bond acceptors (Lipinski definition) is 4. The number of nitrogens with one attached hydrogen (secondary N) is 2. The Balaban J connectivity index is 1.66. The van der Waals surface area contributed by atoms with Crippen molar-refractivity contribution in [3.05, 3.63) is 42.1 Å². The molecule has 0 saturated carbocycles. The van der Waals surface area contributed by atoms with Crippen LogP contribution in [0.5, 0.6) is 0 Å². The Bertz CT molecular complexity index is 647. The molecule has 1 amide bonds. The maximum absolute atomic E-state index is 11.8. The van der Waals surface area contributed by atoms with E-state index < -0.39 is 0 Å². The molecule has 1 atom stereocenters. The molecule has 1 fully saturated rings. The van der Waals surface area contributed by atoms with Gasteiger partial charge in [-0.2, -0.15) is 5.10 Å². The predicted octanol–water partition coefficient (Wildman–Crippen LogP) is 1.44. The molecular weight excluding hydrogens is 252 g/mol. The number of pyridine rings is 1. The molecule has 102 valence electrons. The lowest BCUT2D eigenvalue weighted by atomic mass is 10.1. The van der Waals surface area contributed by atoms with Crippen molar-refractivity contribution in [3.8, 4) is 0 Å². The number of benzene rings is 1. The maximum Gasteiger partial charge on any atom is 0.257 e. The van der Waals surface area contributed by atoms with Gasteiger partial charge < -0.3 is 5.32 Å². The fraction of sp³-hybridized carbons (Fsp3) is 0.267. The van der Waals surface area contributed by atoms with E-state index in [0.717, 1.165) is 35.9 Å². The van der Waals surface area contributed by atoms with Gasteiger partial charge in [-0.1, -0.05) is 12.1 Å². The maximum atomic E-state index is 11.8. The Labute approximate surface area is 117 Å². The fourth-order valence-corrected chi connectivity index (χ4v) is 2.33. The molecule has 20 heavy (non-hydrogen) atoms. The van der Waals surface area contributed by atoms with Gasteiger partial charge in [-0.15, -0.1) is 0 Å². The first-order chi connectivity index (χ1) is 9.83. The van der Waals surface area contributed by atoms with Crippen LogP contribution in [0, 0.1) is 0 Å². The largest absolute Gasteiger partial charge is 0.306 e. The number of hydrogen-bond donors (Lipinski definition) is 2. The Morgan fingerprint density at radius 1 is 1.45 bits per heavy atom. The lowest BCUT2D eigenvalue weighted by Gasteiger charge is -2.06. The average Bonchev–Trinajstić information content (AvgIpc) is 3.01. The van der Waals surface area contributed by atoms with E-state index in [9.17, 15) is 4.79 Å². The molecule has 5 heteroatoms. The first-order valence-corrected chi connectivity index (χ1v) is 6.74. The molecule has 0 aliphatic carbocycles. The van der Waals surface area contributed by atoms with Crippen LogP contribution in [0.25, 0.3) is 10.9 Å². The molecule has 3 rings (SSSR count). The van der Waals surface area contributed by atoms with Crippen molar-refractivity contribution in [1.29, 1.82) is 0 Å². The number of amides is 1. The van der Waals surface area contributed by atoms with E-state index in [4.69, 9.17) is 0 Å². The molecule has 0 radical (unpaired) electrons. The number of hydrazone groups is 1. The van der Waals surface area contributed by atoms with Crippen LogP contribution in [0.15, 0.2) is 41.6 Å². The molecule has 5 nitrogen and oxygen atoms in total. The summed E-state index contributed by atoms with van der Waals surface area (Å²) in [4.78, 5) is 16.0. The highest BCUT2D eigenvalue weighted by Gasteiger charge is 2.21. The molecule has 1 aromatic carbocycles. The Kier molecular flexibility index (Phi) is 3.69. The van der Waals surface area contributed by atoms with Gasteiger partial charge in [-0.3, -0.25) is 9.78 Å².